The molecule has 0 aliphatic carbocycles. The van der Waals surface area contributed by atoms with E-state index in [4.69, 9.17) is 4.74 Å². The lowest BCUT2D eigenvalue weighted by atomic mass is 9.82. The molecule has 0 radical (unpaired) electrons. The first-order valence-corrected chi connectivity index (χ1v) is 10.8. The van der Waals surface area contributed by atoms with Crippen molar-refractivity contribution < 1.29 is 9.53 Å². The topological polar surface area (TPSA) is 67.3 Å². The summed E-state index contributed by atoms with van der Waals surface area (Å²) in [5.74, 6) is -0.0293. The minimum atomic E-state index is -0.190. The molecule has 0 unspecified atom stereocenters. The summed E-state index contributed by atoms with van der Waals surface area (Å²) in [6, 6.07) is 2.07. The highest BCUT2D eigenvalue weighted by molar-refractivity contribution is 7.14. The summed E-state index contributed by atoms with van der Waals surface area (Å²) in [6.45, 7) is 8.51. The maximum atomic E-state index is 12.6. The average Bonchev–Trinajstić information content (AvgIpc) is 3.28. The van der Waals surface area contributed by atoms with Crippen molar-refractivity contribution in [2.75, 3.05) is 26.2 Å². The summed E-state index contributed by atoms with van der Waals surface area (Å²) < 4.78 is 6.28. The van der Waals surface area contributed by atoms with E-state index in [0.717, 1.165) is 60.4 Å². The average molecular weight is 393 g/mol. The summed E-state index contributed by atoms with van der Waals surface area (Å²) in [7, 11) is 0. The Bertz CT molecular complexity index is 793. The Morgan fingerprint density at radius 3 is 2.85 bits per heavy atom. The molecule has 2 aromatic rings. The molecule has 2 aromatic heterocycles. The van der Waals surface area contributed by atoms with Crippen molar-refractivity contribution in [3.05, 3.63) is 31.4 Å². The van der Waals surface area contributed by atoms with Crippen molar-refractivity contribution in [3.8, 4) is 0 Å². The van der Waals surface area contributed by atoms with Crippen LogP contribution in [0.4, 0.5) is 0 Å². The van der Waals surface area contributed by atoms with E-state index in [9.17, 15) is 4.79 Å². The molecule has 1 saturated heterocycles. The smallest absolute Gasteiger partial charge is 0.261 e. The Labute approximate surface area is 161 Å². The SMILES string of the molecule is CCN1CCC2(CC1)OCCc1sc(C(=O)NCc3nnc(C)s3)cc12. The number of nitrogens with one attached hydrogen (secondary N) is 1. The lowest BCUT2D eigenvalue weighted by Gasteiger charge is -2.43. The summed E-state index contributed by atoms with van der Waals surface area (Å²) in [4.78, 5) is 17.2. The van der Waals surface area contributed by atoms with Gasteiger partial charge in [0.1, 0.15) is 10.0 Å². The summed E-state index contributed by atoms with van der Waals surface area (Å²) in [5, 5.41) is 12.8. The van der Waals surface area contributed by atoms with E-state index in [1.165, 1.54) is 21.8 Å². The second kappa shape index (κ2) is 7.34. The van der Waals surface area contributed by atoms with Gasteiger partial charge in [-0.3, -0.25) is 4.79 Å². The number of fused-ring (bicyclic) bond motifs is 2. The molecule has 0 atom stereocenters. The summed E-state index contributed by atoms with van der Waals surface area (Å²) in [6.07, 6.45) is 2.92. The van der Waals surface area contributed by atoms with E-state index < -0.39 is 0 Å². The van der Waals surface area contributed by atoms with Crippen molar-refractivity contribution in [2.45, 2.75) is 45.3 Å². The van der Waals surface area contributed by atoms with Crippen molar-refractivity contribution in [3.63, 3.8) is 0 Å². The Morgan fingerprint density at radius 1 is 1.35 bits per heavy atom. The van der Waals surface area contributed by atoms with E-state index >= 15 is 0 Å². The molecule has 26 heavy (non-hydrogen) atoms. The molecule has 2 aliphatic heterocycles. The van der Waals surface area contributed by atoms with Crippen LogP contribution in [0.15, 0.2) is 6.07 Å². The maximum absolute atomic E-state index is 12.6. The standard InChI is InChI=1S/C18H24N4O2S2/c1-3-22-7-5-18(6-8-22)13-10-15(26-14(13)4-9-24-18)17(23)19-11-16-21-20-12(2)25-16/h10H,3-9,11H2,1-2H3,(H,19,23). The van der Waals surface area contributed by atoms with Gasteiger partial charge in [0.15, 0.2) is 0 Å². The third-order valence-electron chi connectivity index (χ3n) is 5.31. The number of carbonyl (C=O) groups is 1. The minimum Gasteiger partial charge on any atom is -0.370 e. The Hall–Kier alpha value is -1.35. The van der Waals surface area contributed by atoms with Crippen LogP contribution in [0.1, 0.15) is 49.9 Å². The fourth-order valence-corrected chi connectivity index (χ4v) is 5.62. The van der Waals surface area contributed by atoms with Crippen molar-refractivity contribution in [1.29, 1.82) is 0 Å². The monoisotopic (exact) mass is 392 g/mol. The molecule has 4 rings (SSSR count). The molecule has 1 fully saturated rings. The number of hydrogen-bond donors (Lipinski definition) is 1. The van der Waals surface area contributed by atoms with Gasteiger partial charge < -0.3 is 15.0 Å². The van der Waals surface area contributed by atoms with Gasteiger partial charge in [-0.1, -0.05) is 18.3 Å². The fourth-order valence-electron chi connectivity index (χ4n) is 3.82. The molecule has 140 valence electrons. The first kappa shape index (κ1) is 18.0. The van der Waals surface area contributed by atoms with Gasteiger partial charge in [0, 0.05) is 24.4 Å². The second-order valence-electron chi connectivity index (χ2n) is 6.87. The lowest BCUT2D eigenvalue weighted by Crippen LogP contribution is -2.46. The van der Waals surface area contributed by atoms with Gasteiger partial charge >= 0.3 is 0 Å². The number of carbonyl (C=O) groups excluding carboxylic acids is 1. The number of ether oxygens (including phenoxy) is 1. The van der Waals surface area contributed by atoms with Crippen molar-refractivity contribution in [1.82, 2.24) is 20.4 Å². The number of likely N-dealkylation sites (tertiary alicyclic amines) is 1. The highest BCUT2D eigenvalue weighted by atomic mass is 32.1. The van der Waals surface area contributed by atoms with Crippen LogP contribution in [-0.2, 0) is 23.3 Å². The Morgan fingerprint density at radius 2 is 2.15 bits per heavy atom. The molecule has 0 saturated carbocycles. The molecule has 0 aromatic carbocycles. The zero-order chi connectivity index (χ0) is 18.1. The predicted molar refractivity (Wildman–Crippen MR) is 103 cm³/mol. The van der Waals surface area contributed by atoms with Crippen molar-refractivity contribution in [2.24, 2.45) is 0 Å². The van der Waals surface area contributed by atoms with Gasteiger partial charge in [0.2, 0.25) is 0 Å². The third kappa shape index (κ3) is 3.43. The zero-order valence-corrected chi connectivity index (χ0v) is 16.8. The van der Waals surface area contributed by atoms with E-state index in [-0.39, 0.29) is 11.5 Å². The Balaban J connectivity index is 1.49. The molecule has 1 spiro atoms. The molecule has 6 nitrogen and oxygen atoms in total. The van der Waals surface area contributed by atoms with Crippen LogP contribution >= 0.6 is 22.7 Å². The molecule has 1 N–H and O–H groups in total. The van der Waals surface area contributed by atoms with Crippen molar-refractivity contribution >= 4 is 28.6 Å². The quantitative estimate of drug-likeness (QED) is 0.867. The van der Waals surface area contributed by atoms with E-state index in [0.29, 0.717) is 6.54 Å². The van der Waals surface area contributed by atoms with Crippen LogP contribution in [0, 0.1) is 6.92 Å². The van der Waals surface area contributed by atoms with Gasteiger partial charge in [-0.05, 0) is 37.9 Å². The molecule has 1 amide bonds. The van der Waals surface area contributed by atoms with Crippen LogP contribution in [0.3, 0.4) is 0 Å². The zero-order valence-electron chi connectivity index (χ0n) is 15.2. The van der Waals surface area contributed by atoms with Crippen LogP contribution in [0.25, 0.3) is 0 Å². The third-order valence-corrected chi connectivity index (χ3v) is 7.34. The number of hydrogen-bond acceptors (Lipinski definition) is 7. The van der Waals surface area contributed by atoms with Gasteiger partial charge in [-0.2, -0.15) is 0 Å². The number of thiophene rings is 1. The Kier molecular flexibility index (Phi) is 5.09. The number of piperidine rings is 1. The molecule has 8 heteroatoms. The van der Waals surface area contributed by atoms with Crippen LogP contribution in [0.5, 0.6) is 0 Å². The van der Waals surface area contributed by atoms with Crippen LogP contribution in [0.2, 0.25) is 0 Å². The first-order chi connectivity index (χ1) is 12.6. The molecular weight excluding hydrogens is 368 g/mol. The molecule has 2 aliphatic rings. The maximum Gasteiger partial charge on any atom is 0.261 e. The van der Waals surface area contributed by atoms with Crippen LogP contribution in [-0.4, -0.2) is 47.2 Å². The van der Waals surface area contributed by atoms with E-state index in [1.54, 1.807) is 11.3 Å². The molecular formula is C18H24N4O2S2. The van der Waals surface area contributed by atoms with E-state index in [2.05, 4.69) is 33.4 Å². The number of nitrogens with zero attached hydrogens (tertiary/aromatic N) is 3. The number of rotatable bonds is 4. The largest absolute Gasteiger partial charge is 0.370 e. The summed E-state index contributed by atoms with van der Waals surface area (Å²) >= 11 is 3.13. The first-order valence-electron chi connectivity index (χ1n) is 9.16. The van der Waals surface area contributed by atoms with Gasteiger partial charge in [0.25, 0.3) is 5.91 Å². The molecule has 4 heterocycles. The summed E-state index contributed by atoms with van der Waals surface area (Å²) in [5.41, 5.74) is 1.06. The minimum absolute atomic E-state index is 0.0293. The normalized spacial score (nSPS) is 19.5. The highest BCUT2D eigenvalue weighted by Crippen LogP contribution is 2.44. The highest BCUT2D eigenvalue weighted by Gasteiger charge is 2.42. The number of aryl methyl sites for hydroxylation is 1. The molecule has 0 bridgehead atoms. The van der Waals surface area contributed by atoms with Crippen LogP contribution < -0.4 is 5.32 Å². The fraction of sp³-hybridized carbons (Fsp3) is 0.611. The van der Waals surface area contributed by atoms with E-state index in [1.807, 2.05) is 6.92 Å². The van der Waals surface area contributed by atoms with Gasteiger partial charge in [-0.25, -0.2) is 0 Å². The van der Waals surface area contributed by atoms with Gasteiger partial charge in [-0.15, -0.1) is 21.5 Å². The lowest BCUT2D eigenvalue weighted by molar-refractivity contribution is -0.0964. The number of aromatic nitrogens is 2. The predicted octanol–water partition coefficient (Wildman–Crippen LogP) is 2.72. The number of amides is 1. The van der Waals surface area contributed by atoms with Gasteiger partial charge in [0.05, 0.1) is 23.6 Å². The second-order valence-corrected chi connectivity index (χ2v) is 9.27.